The smallest absolute Gasteiger partial charge is 0.268 e. The van der Waals surface area contributed by atoms with E-state index < -0.39 is 0 Å². The zero-order chi connectivity index (χ0) is 17.1. The molecule has 0 unspecified atom stereocenters. The fourth-order valence-electron chi connectivity index (χ4n) is 2.52. The number of aryl methyl sites for hydroxylation is 1. The zero-order valence-electron chi connectivity index (χ0n) is 13.5. The summed E-state index contributed by atoms with van der Waals surface area (Å²) in [4.78, 5) is 26.5. The minimum absolute atomic E-state index is 0.260. The van der Waals surface area contributed by atoms with E-state index in [4.69, 9.17) is 0 Å². The van der Waals surface area contributed by atoms with Crippen molar-refractivity contribution in [3.8, 4) is 0 Å². The summed E-state index contributed by atoms with van der Waals surface area (Å²) in [7, 11) is 0. The molecular weight excluding hydrogens is 318 g/mol. The van der Waals surface area contributed by atoms with Gasteiger partial charge in [-0.05, 0) is 60.5 Å². The summed E-state index contributed by atoms with van der Waals surface area (Å²) >= 11 is 0.979. The molecule has 0 N–H and O–H groups in total. The van der Waals surface area contributed by atoms with E-state index in [-0.39, 0.29) is 11.1 Å². The lowest BCUT2D eigenvalue weighted by atomic mass is 10.1. The molecule has 3 rings (SSSR count). The quantitative estimate of drug-likeness (QED) is 0.725. The fourth-order valence-corrected chi connectivity index (χ4v) is 3.41. The van der Waals surface area contributed by atoms with Gasteiger partial charge in [0.05, 0.1) is 10.6 Å². The number of amides is 2. The first-order chi connectivity index (χ1) is 11.5. The van der Waals surface area contributed by atoms with Crippen molar-refractivity contribution in [2.45, 2.75) is 13.8 Å². The first kappa shape index (κ1) is 16.3. The van der Waals surface area contributed by atoms with E-state index in [1.54, 1.807) is 12.1 Å². The molecule has 120 valence electrons. The van der Waals surface area contributed by atoms with Gasteiger partial charge in [-0.1, -0.05) is 48.5 Å². The number of rotatable bonds is 3. The third-order valence-electron chi connectivity index (χ3n) is 3.61. The molecule has 4 heteroatoms. The summed E-state index contributed by atoms with van der Waals surface area (Å²) in [6.45, 7) is 3.86. The highest BCUT2D eigenvalue weighted by atomic mass is 32.2. The molecule has 1 aliphatic heterocycles. The Kier molecular flexibility index (Phi) is 4.67. The SMILES string of the molecule is CC(=Cc1ccccc1)C=C1SC(=O)N(c2cccc(C)c2)C1=O. The van der Waals surface area contributed by atoms with Crippen LogP contribution in [0, 0.1) is 6.92 Å². The van der Waals surface area contributed by atoms with Crippen LogP contribution < -0.4 is 4.90 Å². The van der Waals surface area contributed by atoms with E-state index in [0.717, 1.165) is 28.5 Å². The van der Waals surface area contributed by atoms with Gasteiger partial charge in [0.15, 0.2) is 0 Å². The van der Waals surface area contributed by atoms with Crippen LogP contribution in [-0.2, 0) is 4.79 Å². The molecule has 0 radical (unpaired) electrons. The number of anilines is 1. The molecule has 0 aromatic heterocycles. The normalized spacial score (nSPS) is 17.0. The van der Waals surface area contributed by atoms with Crippen LogP contribution in [0.1, 0.15) is 18.1 Å². The molecule has 2 amide bonds. The summed E-state index contributed by atoms with van der Waals surface area (Å²) in [6, 6.07) is 17.3. The van der Waals surface area contributed by atoms with Crippen molar-refractivity contribution in [3.63, 3.8) is 0 Å². The fraction of sp³-hybridized carbons (Fsp3) is 0.100. The van der Waals surface area contributed by atoms with Crippen molar-refractivity contribution in [3.05, 3.63) is 82.3 Å². The molecule has 0 bridgehead atoms. The monoisotopic (exact) mass is 335 g/mol. The van der Waals surface area contributed by atoms with Gasteiger partial charge in [-0.2, -0.15) is 0 Å². The average molecular weight is 335 g/mol. The van der Waals surface area contributed by atoms with Crippen LogP contribution in [-0.4, -0.2) is 11.1 Å². The minimum atomic E-state index is -0.267. The van der Waals surface area contributed by atoms with Crippen molar-refractivity contribution in [1.29, 1.82) is 0 Å². The molecule has 0 saturated carbocycles. The molecule has 2 aromatic carbocycles. The predicted molar refractivity (Wildman–Crippen MR) is 99.8 cm³/mol. The second-order valence-corrected chi connectivity index (χ2v) is 6.65. The minimum Gasteiger partial charge on any atom is -0.268 e. The molecule has 3 nitrogen and oxygen atoms in total. The van der Waals surface area contributed by atoms with E-state index in [1.165, 1.54) is 4.90 Å². The Morgan fingerprint density at radius 3 is 2.50 bits per heavy atom. The Balaban J connectivity index is 1.87. The number of hydrogen-bond donors (Lipinski definition) is 0. The van der Waals surface area contributed by atoms with Gasteiger partial charge >= 0.3 is 0 Å². The van der Waals surface area contributed by atoms with Gasteiger partial charge in [0.2, 0.25) is 0 Å². The summed E-state index contributed by atoms with van der Waals surface area (Å²) < 4.78 is 0. The number of thioether (sulfide) groups is 1. The van der Waals surface area contributed by atoms with Crippen molar-refractivity contribution in [2.24, 2.45) is 0 Å². The maximum absolute atomic E-state index is 12.6. The summed E-state index contributed by atoms with van der Waals surface area (Å²) in [5.41, 5.74) is 3.61. The van der Waals surface area contributed by atoms with Gasteiger partial charge in [-0.25, -0.2) is 4.90 Å². The Morgan fingerprint density at radius 1 is 1.04 bits per heavy atom. The number of benzene rings is 2. The Bertz CT molecular complexity index is 853. The Morgan fingerprint density at radius 2 is 1.79 bits per heavy atom. The predicted octanol–water partition coefficient (Wildman–Crippen LogP) is 5.18. The van der Waals surface area contributed by atoms with Crippen LogP contribution in [0.25, 0.3) is 6.08 Å². The zero-order valence-corrected chi connectivity index (χ0v) is 14.3. The molecule has 0 aliphatic carbocycles. The van der Waals surface area contributed by atoms with E-state index >= 15 is 0 Å². The topological polar surface area (TPSA) is 37.4 Å². The standard InChI is InChI=1S/C20H17NO2S/c1-14-7-6-10-17(12-14)21-19(22)18(24-20(21)23)13-15(2)11-16-8-4-3-5-9-16/h3-13H,1-2H3. The second kappa shape index (κ2) is 6.89. The van der Waals surface area contributed by atoms with Gasteiger partial charge < -0.3 is 0 Å². The first-order valence-corrected chi connectivity index (χ1v) is 8.44. The van der Waals surface area contributed by atoms with Gasteiger partial charge in [-0.15, -0.1) is 0 Å². The highest BCUT2D eigenvalue weighted by Crippen LogP contribution is 2.35. The lowest BCUT2D eigenvalue weighted by molar-refractivity contribution is -0.113. The van der Waals surface area contributed by atoms with Gasteiger partial charge in [0.1, 0.15) is 0 Å². The van der Waals surface area contributed by atoms with Crippen molar-refractivity contribution >= 4 is 34.7 Å². The van der Waals surface area contributed by atoms with Crippen LogP contribution in [0.3, 0.4) is 0 Å². The van der Waals surface area contributed by atoms with Crippen LogP contribution in [0.15, 0.2) is 71.2 Å². The number of carbonyl (C=O) groups excluding carboxylic acids is 2. The Hall–Kier alpha value is -2.59. The first-order valence-electron chi connectivity index (χ1n) is 7.62. The molecule has 1 heterocycles. The molecule has 1 fully saturated rings. The number of hydrogen-bond acceptors (Lipinski definition) is 3. The van der Waals surface area contributed by atoms with Crippen LogP contribution >= 0.6 is 11.8 Å². The lowest BCUT2D eigenvalue weighted by Gasteiger charge is -2.12. The second-order valence-electron chi connectivity index (χ2n) is 5.66. The Labute approximate surface area is 145 Å². The van der Waals surface area contributed by atoms with E-state index in [0.29, 0.717) is 10.6 Å². The summed E-state index contributed by atoms with van der Waals surface area (Å²) in [6.07, 6.45) is 3.76. The molecule has 0 atom stereocenters. The molecule has 1 saturated heterocycles. The third-order valence-corrected chi connectivity index (χ3v) is 4.48. The highest BCUT2D eigenvalue weighted by molar-refractivity contribution is 8.18. The van der Waals surface area contributed by atoms with Crippen LogP contribution in [0.4, 0.5) is 10.5 Å². The number of nitrogens with zero attached hydrogens (tertiary/aromatic N) is 1. The maximum atomic E-state index is 12.6. The van der Waals surface area contributed by atoms with Crippen LogP contribution in [0.2, 0.25) is 0 Å². The van der Waals surface area contributed by atoms with Crippen molar-refractivity contribution in [1.82, 2.24) is 0 Å². The molecule has 24 heavy (non-hydrogen) atoms. The number of imide groups is 1. The highest BCUT2D eigenvalue weighted by Gasteiger charge is 2.36. The third kappa shape index (κ3) is 3.49. The van der Waals surface area contributed by atoms with E-state index in [9.17, 15) is 9.59 Å². The largest absolute Gasteiger partial charge is 0.298 e. The van der Waals surface area contributed by atoms with Gasteiger partial charge in [-0.3, -0.25) is 9.59 Å². The summed E-state index contributed by atoms with van der Waals surface area (Å²) in [5, 5.41) is -0.260. The van der Waals surface area contributed by atoms with E-state index in [1.807, 2.05) is 68.5 Å². The molecule has 2 aromatic rings. The average Bonchev–Trinajstić information content (AvgIpc) is 2.82. The van der Waals surface area contributed by atoms with Crippen molar-refractivity contribution in [2.75, 3.05) is 4.90 Å². The summed E-state index contributed by atoms with van der Waals surface area (Å²) in [5.74, 6) is -0.267. The van der Waals surface area contributed by atoms with Crippen molar-refractivity contribution < 1.29 is 9.59 Å². The maximum Gasteiger partial charge on any atom is 0.298 e. The number of carbonyl (C=O) groups is 2. The molecule has 1 aliphatic rings. The van der Waals surface area contributed by atoms with Crippen LogP contribution in [0.5, 0.6) is 0 Å². The number of allylic oxidation sites excluding steroid dienone is 2. The molecule has 0 spiro atoms. The molecular formula is C20H17NO2S. The van der Waals surface area contributed by atoms with Gasteiger partial charge in [0, 0.05) is 0 Å². The van der Waals surface area contributed by atoms with E-state index in [2.05, 4.69) is 0 Å². The van der Waals surface area contributed by atoms with Gasteiger partial charge in [0.25, 0.3) is 11.1 Å². The lowest BCUT2D eigenvalue weighted by Crippen LogP contribution is -2.27.